The van der Waals surface area contributed by atoms with Gasteiger partial charge in [-0.15, -0.1) is 0 Å². The molecule has 1 N–H and O–H groups in total. The summed E-state index contributed by atoms with van der Waals surface area (Å²) in [5.74, 6) is -0.607. The molecule has 0 aliphatic rings. The number of halogens is 6. The molecule has 0 radical (unpaired) electrons. The topological polar surface area (TPSA) is 86.1 Å². The molecule has 0 aliphatic carbocycles. The summed E-state index contributed by atoms with van der Waals surface area (Å²) in [6.45, 7) is 1.72. The molecule has 0 saturated carbocycles. The predicted molar refractivity (Wildman–Crippen MR) is 96.3 cm³/mol. The molecule has 0 spiro atoms. The molecule has 0 aromatic carbocycles. The van der Waals surface area contributed by atoms with Crippen molar-refractivity contribution in [1.29, 1.82) is 0 Å². The molecule has 2 aromatic rings. The monoisotopic (exact) mass is 456 g/mol. The van der Waals surface area contributed by atoms with Gasteiger partial charge in [0.25, 0.3) is 0 Å². The summed E-state index contributed by atoms with van der Waals surface area (Å²) in [4.78, 5) is 20.1. The number of nitrogens with one attached hydrogen (secondary N) is 1. The fourth-order valence-electron chi connectivity index (χ4n) is 2.39. The van der Waals surface area contributed by atoms with Crippen molar-refractivity contribution in [2.45, 2.75) is 52.6 Å². The van der Waals surface area contributed by atoms with Crippen LogP contribution in [0.15, 0.2) is 12.3 Å². The van der Waals surface area contributed by atoms with E-state index in [0.29, 0.717) is 24.4 Å². The molecule has 30 heavy (non-hydrogen) atoms. The lowest BCUT2D eigenvalue weighted by Crippen LogP contribution is -2.33. The van der Waals surface area contributed by atoms with Gasteiger partial charge in [0.1, 0.15) is 17.6 Å². The first-order chi connectivity index (χ1) is 14.0. The van der Waals surface area contributed by atoms with Crippen LogP contribution in [-0.4, -0.2) is 39.7 Å². The molecule has 0 saturated heterocycles. The molecule has 2 aromatic heterocycles. The van der Waals surface area contributed by atoms with Crippen molar-refractivity contribution in [2.24, 2.45) is 0 Å². The van der Waals surface area contributed by atoms with Crippen LogP contribution in [0.4, 0.5) is 27.8 Å². The second-order valence-electron chi connectivity index (χ2n) is 5.71. The molecule has 0 bridgehead atoms. The van der Waals surface area contributed by atoms with Crippen molar-refractivity contribution in [3.8, 4) is 17.0 Å². The minimum atomic E-state index is -4.52. The quantitative estimate of drug-likeness (QED) is 0.615. The minimum Gasteiger partial charge on any atom is -0.434 e. The van der Waals surface area contributed by atoms with Crippen molar-refractivity contribution in [1.82, 2.24) is 14.8 Å². The maximum atomic E-state index is 12.9. The van der Waals surface area contributed by atoms with Crippen molar-refractivity contribution in [3.63, 3.8) is 0 Å². The SMILES string of the molecule is CCc1nn(CC)c(-c2cnc(N[C@H](C)C(F)(F)F)cc2OC(F)F)c1Cl.O=C=O. The van der Waals surface area contributed by atoms with Crippen molar-refractivity contribution in [2.75, 3.05) is 5.32 Å². The molecule has 0 fully saturated rings. The minimum absolute atomic E-state index is 0.111. The zero-order valence-electron chi connectivity index (χ0n) is 16.1. The largest absolute Gasteiger partial charge is 0.434 e. The number of nitrogens with zero attached hydrogens (tertiary/aromatic N) is 3. The highest BCUT2D eigenvalue weighted by Gasteiger charge is 2.36. The number of alkyl halides is 5. The first-order valence-corrected chi connectivity index (χ1v) is 8.90. The molecule has 0 amide bonds. The Morgan fingerprint density at radius 3 is 2.37 bits per heavy atom. The van der Waals surface area contributed by atoms with Gasteiger partial charge in [0.2, 0.25) is 0 Å². The van der Waals surface area contributed by atoms with Gasteiger partial charge in [-0.3, -0.25) is 4.68 Å². The van der Waals surface area contributed by atoms with Crippen LogP contribution in [0.25, 0.3) is 11.3 Å². The van der Waals surface area contributed by atoms with Gasteiger partial charge in [0.15, 0.2) is 0 Å². The average Bonchev–Trinajstić information content (AvgIpc) is 2.97. The molecule has 0 unspecified atom stereocenters. The van der Waals surface area contributed by atoms with Crippen LogP contribution in [0.5, 0.6) is 5.75 Å². The number of carbonyl (C=O) groups excluding carboxylic acids is 2. The number of hydrogen-bond acceptors (Lipinski definition) is 6. The van der Waals surface area contributed by atoms with Crippen molar-refractivity contribution < 1.29 is 36.3 Å². The summed E-state index contributed by atoms with van der Waals surface area (Å²) >= 11 is 6.32. The Morgan fingerprint density at radius 2 is 1.90 bits per heavy atom. The summed E-state index contributed by atoms with van der Waals surface area (Å²) in [5, 5.41) is 6.67. The van der Waals surface area contributed by atoms with E-state index in [2.05, 4.69) is 20.1 Å². The lowest BCUT2D eigenvalue weighted by Gasteiger charge is -2.19. The average molecular weight is 457 g/mol. The number of aromatic nitrogens is 3. The Bertz CT molecular complexity index is 883. The van der Waals surface area contributed by atoms with E-state index < -0.39 is 18.8 Å². The Hall–Kier alpha value is -2.72. The number of pyridine rings is 1. The fraction of sp³-hybridized carbons (Fsp3) is 0.471. The highest BCUT2D eigenvalue weighted by molar-refractivity contribution is 6.33. The Labute approximate surface area is 173 Å². The fourth-order valence-corrected chi connectivity index (χ4v) is 2.76. The van der Waals surface area contributed by atoms with E-state index in [1.165, 1.54) is 4.68 Å². The van der Waals surface area contributed by atoms with Crippen molar-refractivity contribution >= 4 is 23.6 Å². The molecule has 2 heterocycles. The van der Waals surface area contributed by atoms with Crippen LogP contribution in [-0.2, 0) is 22.6 Å². The number of rotatable bonds is 7. The first-order valence-electron chi connectivity index (χ1n) is 8.52. The van der Waals surface area contributed by atoms with Gasteiger partial charge in [0.05, 0.1) is 22.0 Å². The van der Waals surface area contributed by atoms with Gasteiger partial charge >= 0.3 is 18.9 Å². The highest BCUT2D eigenvalue weighted by Crippen LogP contribution is 2.38. The third-order valence-corrected chi connectivity index (χ3v) is 4.18. The molecular weight excluding hydrogens is 439 g/mol. The normalized spacial score (nSPS) is 12.1. The molecule has 2 rings (SSSR count). The maximum absolute atomic E-state index is 12.9. The van der Waals surface area contributed by atoms with Gasteiger partial charge in [-0.1, -0.05) is 18.5 Å². The van der Waals surface area contributed by atoms with E-state index in [0.717, 1.165) is 19.2 Å². The highest BCUT2D eigenvalue weighted by atomic mass is 35.5. The van der Waals surface area contributed by atoms with E-state index in [9.17, 15) is 22.0 Å². The van der Waals surface area contributed by atoms with E-state index in [1.807, 2.05) is 6.92 Å². The number of ether oxygens (including phenoxy) is 1. The number of aryl methyl sites for hydroxylation is 2. The Balaban J connectivity index is 0.00000141. The molecule has 1 atom stereocenters. The van der Waals surface area contributed by atoms with Gasteiger partial charge in [-0.25, -0.2) is 4.98 Å². The van der Waals surface area contributed by atoms with Crippen LogP contribution in [0.3, 0.4) is 0 Å². The van der Waals surface area contributed by atoms with E-state index in [1.54, 1.807) is 6.92 Å². The summed E-state index contributed by atoms with van der Waals surface area (Å²) in [6, 6.07) is -0.940. The summed E-state index contributed by atoms with van der Waals surface area (Å²) in [5.41, 5.74) is 0.985. The van der Waals surface area contributed by atoms with Gasteiger partial charge < -0.3 is 10.1 Å². The zero-order valence-corrected chi connectivity index (χ0v) is 16.8. The Morgan fingerprint density at radius 1 is 1.30 bits per heavy atom. The summed E-state index contributed by atoms with van der Waals surface area (Å²) in [6.07, 6.45) is -2.62. The Kier molecular flexibility index (Phi) is 9.19. The summed E-state index contributed by atoms with van der Waals surface area (Å²) in [7, 11) is 0. The van der Waals surface area contributed by atoms with Crippen molar-refractivity contribution in [3.05, 3.63) is 23.0 Å². The predicted octanol–water partition coefficient (Wildman–Crippen LogP) is 4.56. The molecule has 0 aliphatic heterocycles. The lowest BCUT2D eigenvalue weighted by molar-refractivity contribution is -0.191. The summed E-state index contributed by atoms with van der Waals surface area (Å²) < 4.78 is 69.9. The second kappa shape index (κ2) is 10.9. The first kappa shape index (κ1) is 25.3. The molecule has 13 heteroatoms. The van der Waals surface area contributed by atoms with Gasteiger partial charge in [-0.2, -0.15) is 36.6 Å². The van der Waals surface area contributed by atoms with E-state index in [-0.39, 0.29) is 28.3 Å². The zero-order chi connectivity index (χ0) is 23.1. The standard InChI is InChI=1S/C16H18ClF5N4O.CO2/c1-4-10-13(17)14(26(5-2)25-10)9-7-23-12(6-11(9)27-15(18)19)24-8(3)16(20,21)22;2-1-3/h6-8,15H,4-5H2,1-3H3,(H,23,24);/t8-;/m1./s1. The van der Waals surface area contributed by atoms with Crippen LogP contribution < -0.4 is 10.1 Å². The molecule has 7 nitrogen and oxygen atoms in total. The maximum Gasteiger partial charge on any atom is 0.408 e. The number of hydrogen-bond donors (Lipinski definition) is 1. The van der Waals surface area contributed by atoms with Gasteiger partial charge in [0, 0.05) is 18.8 Å². The van der Waals surface area contributed by atoms with Crippen LogP contribution >= 0.6 is 11.6 Å². The second-order valence-corrected chi connectivity index (χ2v) is 6.09. The van der Waals surface area contributed by atoms with E-state index in [4.69, 9.17) is 21.2 Å². The van der Waals surface area contributed by atoms with Crippen LogP contribution in [0.2, 0.25) is 5.02 Å². The van der Waals surface area contributed by atoms with E-state index >= 15 is 0 Å². The lowest BCUT2D eigenvalue weighted by atomic mass is 10.1. The molecular formula is C17H18ClF5N4O3. The third-order valence-electron chi connectivity index (χ3n) is 3.79. The molecule has 166 valence electrons. The number of anilines is 1. The van der Waals surface area contributed by atoms with Crippen LogP contribution in [0.1, 0.15) is 26.5 Å². The van der Waals surface area contributed by atoms with Crippen LogP contribution in [0, 0.1) is 0 Å². The third kappa shape index (κ3) is 6.39. The smallest absolute Gasteiger partial charge is 0.408 e. The van der Waals surface area contributed by atoms with Gasteiger partial charge in [-0.05, 0) is 20.3 Å².